The van der Waals surface area contributed by atoms with Gasteiger partial charge in [0.05, 0.1) is 6.61 Å². The zero-order valence-corrected chi connectivity index (χ0v) is 12.8. The first-order valence-electron chi connectivity index (χ1n) is 6.90. The molecule has 1 aromatic rings. The summed E-state index contributed by atoms with van der Waals surface area (Å²) in [5.41, 5.74) is -0.717. The van der Waals surface area contributed by atoms with Crippen molar-refractivity contribution < 1.29 is 23.5 Å². The number of nitrogens with zero attached hydrogens (tertiary/aromatic N) is 1. The van der Waals surface area contributed by atoms with Crippen LogP contribution in [-0.4, -0.2) is 48.1 Å². The van der Waals surface area contributed by atoms with Crippen LogP contribution in [0.25, 0.3) is 0 Å². The summed E-state index contributed by atoms with van der Waals surface area (Å²) in [7, 11) is 1.48. The molecule has 0 radical (unpaired) electrons. The highest BCUT2D eigenvalue weighted by Crippen LogP contribution is 2.13. The molecule has 0 bridgehead atoms. The van der Waals surface area contributed by atoms with E-state index in [-0.39, 0.29) is 19.1 Å². The summed E-state index contributed by atoms with van der Waals surface area (Å²) < 4.78 is 27.2. The molecular formula is C15H20F2N2O3. The molecule has 2 N–H and O–H groups in total. The van der Waals surface area contributed by atoms with Crippen molar-refractivity contribution in [3.05, 3.63) is 35.4 Å². The largest absolute Gasteiger partial charge is 0.395 e. The van der Waals surface area contributed by atoms with E-state index in [1.165, 1.54) is 11.9 Å². The molecule has 0 aliphatic heterocycles. The van der Waals surface area contributed by atoms with Crippen molar-refractivity contribution in [2.24, 2.45) is 5.92 Å². The lowest BCUT2D eigenvalue weighted by atomic mass is 10.0. The molecule has 1 unspecified atom stereocenters. The van der Waals surface area contributed by atoms with Gasteiger partial charge < -0.3 is 15.3 Å². The number of nitrogens with one attached hydrogen (secondary N) is 1. The van der Waals surface area contributed by atoms with Crippen molar-refractivity contribution >= 4 is 11.8 Å². The summed E-state index contributed by atoms with van der Waals surface area (Å²) in [5, 5.41) is 11.2. The van der Waals surface area contributed by atoms with E-state index in [0.29, 0.717) is 0 Å². The van der Waals surface area contributed by atoms with Crippen LogP contribution in [0, 0.1) is 17.6 Å². The number of rotatable bonds is 6. The van der Waals surface area contributed by atoms with E-state index in [9.17, 15) is 18.4 Å². The third-order valence-corrected chi connectivity index (χ3v) is 3.22. The second-order valence-corrected chi connectivity index (χ2v) is 5.28. The van der Waals surface area contributed by atoms with Gasteiger partial charge in [0.15, 0.2) is 0 Å². The van der Waals surface area contributed by atoms with Gasteiger partial charge in [-0.3, -0.25) is 9.59 Å². The molecule has 0 aliphatic rings. The Morgan fingerprint density at radius 1 is 1.27 bits per heavy atom. The smallest absolute Gasteiger partial charge is 0.257 e. The quantitative estimate of drug-likeness (QED) is 0.828. The first-order chi connectivity index (χ1) is 10.3. The zero-order chi connectivity index (χ0) is 16.9. The molecule has 0 spiro atoms. The molecular weight excluding hydrogens is 294 g/mol. The average molecular weight is 314 g/mol. The van der Waals surface area contributed by atoms with Gasteiger partial charge >= 0.3 is 0 Å². The molecule has 122 valence electrons. The first-order valence-corrected chi connectivity index (χ1v) is 6.90. The second kappa shape index (κ2) is 7.84. The van der Waals surface area contributed by atoms with Crippen molar-refractivity contribution in [3.63, 3.8) is 0 Å². The topological polar surface area (TPSA) is 69.6 Å². The van der Waals surface area contributed by atoms with E-state index in [4.69, 9.17) is 5.11 Å². The van der Waals surface area contributed by atoms with E-state index >= 15 is 0 Å². The maximum atomic E-state index is 13.6. The Morgan fingerprint density at radius 3 is 2.27 bits per heavy atom. The van der Waals surface area contributed by atoms with Crippen LogP contribution in [0.15, 0.2) is 18.2 Å². The molecule has 0 saturated heterocycles. The minimum atomic E-state index is -0.990. The van der Waals surface area contributed by atoms with Crippen LogP contribution in [-0.2, 0) is 4.79 Å². The number of amides is 2. The number of carbonyl (C=O) groups is 2. The van der Waals surface area contributed by atoms with Gasteiger partial charge in [-0.1, -0.05) is 19.9 Å². The van der Waals surface area contributed by atoms with Crippen LogP contribution in [0.2, 0.25) is 0 Å². The number of hydrogen-bond donors (Lipinski definition) is 2. The molecule has 0 aromatic heterocycles. The van der Waals surface area contributed by atoms with E-state index in [1.54, 1.807) is 13.8 Å². The molecule has 2 amide bonds. The minimum absolute atomic E-state index is 0.103. The first kappa shape index (κ1) is 18.0. The van der Waals surface area contributed by atoms with Gasteiger partial charge in [-0.2, -0.15) is 0 Å². The molecule has 5 nitrogen and oxygen atoms in total. The monoisotopic (exact) mass is 314 g/mol. The van der Waals surface area contributed by atoms with Gasteiger partial charge in [0.1, 0.15) is 23.2 Å². The van der Waals surface area contributed by atoms with Crippen molar-refractivity contribution in [2.45, 2.75) is 19.9 Å². The maximum Gasteiger partial charge on any atom is 0.257 e. The molecule has 1 aromatic carbocycles. The lowest BCUT2D eigenvalue weighted by molar-refractivity contribution is -0.133. The average Bonchev–Trinajstić information content (AvgIpc) is 2.43. The van der Waals surface area contributed by atoms with Crippen LogP contribution in [0.4, 0.5) is 8.78 Å². The van der Waals surface area contributed by atoms with Gasteiger partial charge in [0.25, 0.3) is 5.91 Å². The van der Waals surface area contributed by atoms with E-state index < -0.39 is 35.1 Å². The molecule has 22 heavy (non-hydrogen) atoms. The SMILES string of the molecule is CC(C)C(NC(=O)c1c(F)cccc1F)C(=O)N(C)CCO. The fourth-order valence-electron chi connectivity index (χ4n) is 1.94. The highest BCUT2D eigenvalue weighted by Gasteiger charge is 2.29. The summed E-state index contributed by atoms with van der Waals surface area (Å²) in [5.74, 6) is -3.69. The highest BCUT2D eigenvalue weighted by atomic mass is 19.1. The Balaban J connectivity index is 2.96. The Morgan fingerprint density at radius 2 is 1.82 bits per heavy atom. The number of aliphatic hydroxyl groups is 1. The molecule has 1 rings (SSSR count). The molecule has 0 aliphatic carbocycles. The Labute approximate surface area is 127 Å². The molecule has 0 fully saturated rings. The van der Waals surface area contributed by atoms with Crippen LogP contribution < -0.4 is 5.32 Å². The fraction of sp³-hybridized carbons (Fsp3) is 0.467. The van der Waals surface area contributed by atoms with Crippen molar-refractivity contribution in [2.75, 3.05) is 20.2 Å². The molecule has 0 heterocycles. The van der Waals surface area contributed by atoms with Crippen LogP contribution in [0.5, 0.6) is 0 Å². The third-order valence-electron chi connectivity index (χ3n) is 3.22. The number of hydrogen-bond acceptors (Lipinski definition) is 3. The minimum Gasteiger partial charge on any atom is -0.395 e. The van der Waals surface area contributed by atoms with Crippen molar-refractivity contribution in [3.8, 4) is 0 Å². The highest BCUT2D eigenvalue weighted by molar-refractivity contribution is 5.98. The summed E-state index contributed by atoms with van der Waals surface area (Å²) >= 11 is 0. The predicted octanol–water partition coefficient (Wildman–Crippen LogP) is 1.17. The third kappa shape index (κ3) is 4.24. The van der Waals surface area contributed by atoms with Crippen LogP contribution in [0.3, 0.4) is 0 Å². The van der Waals surface area contributed by atoms with E-state index in [0.717, 1.165) is 18.2 Å². The number of carbonyl (C=O) groups excluding carboxylic acids is 2. The number of likely N-dealkylation sites (N-methyl/N-ethyl adjacent to an activating group) is 1. The van der Waals surface area contributed by atoms with E-state index in [1.807, 2.05) is 0 Å². The standard InChI is InChI=1S/C15H20F2N2O3/c1-9(2)13(15(22)19(3)7-8-20)18-14(21)12-10(16)5-4-6-11(12)17/h4-6,9,13,20H,7-8H2,1-3H3,(H,18,21). The summed E-state index contributed by atoms with van der Waals surface area (Å²) in [6, 6.07) is 2.16. The summed E-state index contributed by atoms with van der Waals surface area (Å²) in [6.07, 6.45) is 0. The lowest BCUT2D eigenvalue weighted by Gasteiger charge is -2.26. The summed E-state index contributed by atoms with van der Waals surface area (Å²) in [6.45, 7) is 3.29. The number of halogens is 2. The summed E-state index contributed by atoms with van der Waals surface area (Å²) in [4.78, 5) is 25.6. The van der Waals surface area contributed by atoms with Crippen molar-refractivity contribution in [1.29, 1.82) is 0 Å². The fourth-order valence-corrected chi connectivity index (χ4v) is 1.94. The predicted molar refractivity (Wildman–Crippen MR) is 77.2 cm³/mol. The zero-order valence-electron chi connectivity index (χ0n) is 12.8. The molecule has 0 saturated carbocycles. The number of benzene rings is 1. The normalized spacial score (nSPS) is 12.1. The Hall–Kier alpha value is -2.02. The van der Waals surface area contributed by atoms with Gasteiger partial charge in [0, 0.05) is 13.6 Å². The van der Waals surface area contributed by atoms with Gasteiger partial charge in [-0.05, 0) is 18.1 Å². The van der Waals surface area contributed by atoms with Crippen molar-refractivity contribution in [1.82, 2.24) is 10.2 Å². The van der Waals surface area contributed by atoms with Crippen LogP contribution >= 0.6 is 0 Å². The maximum absolute atomic E-state index is 13.6. The van der Waals surface area contributed by atoms with Gasteiger partial charge in [-0.15, -0.1) is 0 Å². The van der Waals surface area contributed by atoms with Gasteiger partial charge in [-0.25, -0.2) is 8.78 Å². The van der Waals surface area contributed by atoms with Gasteiger partial charge in [0.2, 0.25) is 5.91 Å². The molecule has 7 heteroatoms. The van der Waals surface area contributed by atoms with E-state index in [2.05, 4.69) is 5.32 Å². The van der Waals surface area contributed by atoms with Crippen LogP contribution in [0.1, 0.15) is 24.2 Å². The number of aliphatic hydroxyl groups excluding tert-OH is 1. The second-order valence-electron chi connectivity index (χ2n) is 5.28. The molecule has 1 atom stereocenters. The Bertz CT molecular complexity index is 529. The lowest BCUT2D eigenvalue weighted by Crippen LogP contribution is -2.51. The Kier molecular flexibility index (Phi) is 6.42.